The van der Waals surface area contributed by atoms with E-state index in [1.807, 2.05) is 13.0 Å². The Balaban J connectivity index is 2.83. The first-order chi connectivity index (χ1) is 6.67. The SMILES string of the molecule is CCOC1(CC)C=CC(N)=C(CC)C1. The molecule has 2 heteroatoms. The molecule has 1 unspecified atom stereocenters. The van der Waals surface area contributed by atoms with E-state index in [9.17, 15) is 0 Å². The highest BCUT2D eigenvalue weighted by Crippen LogP contribution is 2.32. The lowest BCUT2D eigenvalue weighted by atomic mass is 9.85. The smallest absolute Gasteiger partial charge is 0.0901 e. The molecule has 0 bridgehead atoms. The Hall–Kier alpha value is -0.760. The van der Waals surface area contributed by atoms with Gasteiger partial charge in [-0.25, -0.2) is 0 Å². The molecule has 1 aliphatic carbocycles. The Morgan fingerprint density at radius 1 is 1.43 bits per heavy atom. The van der Waals surface area contributed by atoms with Crippen LogP contribution in [0, 0.1) is 0 Å². The average molecular weight is 195 g/mol. The number of rotatable bonds is 4. The summed E-state index contributed by atoms with van der Waals surface area (Å²) in [4.78, 5) is 0. The van der Waals surface area contributed by atoms with Crippen LogP contribution >= 0.6 is 0 Å². The van der Waals surface area contributed by atoms with Crippen LogP contribution in [0.3, 0.4) is 0 Å². The van der Waals surface area contributed by atoms with Crippen molar-refractivity contribution in [3.63, 3.8) is 0 Å². The molecule has 1 rings (SSSR count). The van der Waals surface area contributed by atoms with Gasteiger partial charge in [0.25, 0.3) is 0 Å². The van der Waals surface area contributed by atoms with Crippen LogP contribution in [0.2, 0.25) is 0 Å². The van der Waals surface area contributed by atoms with Crippen molar-refractivity contribution in [2.75, 3.05) is 6.61 Å². The molecule has 80 valence electrons. The normalized spacial score (nSPS) is 27.1. The topological polar surface area (TPSA) is 35.2 Å². The molecule has 2 N–H and O–H groups in total. The van der Waals surface area contributed by atoms with Crippen molar-refractivity contribution in [2.24, 2.45) is 5.73 Å². The summed E-state index contributed by atoms with van der Waals surface area (Å²) in [6.07, 6.45) is 7.10. The lowest BCUT2D eigenvalue weighted by Gasteiger charge is -2.33. The first-order valence-corrected chi connectivity index (χ1v) is 5.48. The van der Waals surface area contributed by atoms with Crippen LogP contribution in [0.1, 0.15) is 40.0 Å². The summed E-state index contributed by atoms with van der Waals surface area (Å²) in [5.41, 5.74) is 8.05. The standard InChI is InChI=1S/C12H21NO/c1-4-10-9-12(5-2,14-6-3)8-7-11(10)13/h7-8H,4-6,9,13H2,1-3H3. The number of hydrogen-bond donors (Lipinski definition) is 1. The van der Waals surface area contributed by atoms with Crippen LogP contribution in [0.5, 0.6) is 0 Å². The Bertz CT molecular complexity index is 255. The van der Waals surface area contributed by atoms with E-state index in [0.717, 1.165) is 31.6 Å². The van der Waals surface area contributed by atoms with E-state index in [-0.39, 0.29) is 5.60 Å². The fourth-order valence-corrected chi connectivity index (χ4v) is 1.94. The van der Waals surface area contributed by atoms with E-state index < -0.39 is 0 Å². The van der Waals surface area contributed by atoms with Gasteiger partial charge in [0, 0.05) is 18.7 Å². The van der Waals surface area contributed by atoms with Crippen molar-refractivity contribution < 1.29 is 4.74 Å². The highest BCUT2D eigenvalue weighted by atomic mass is 16.5. The molecule has 0 aromatic rings. The van der Waals surface area contributed by atoms with Gasteiger partial charge in [0.2, 0.25) is 0 Å². The second-order valence-corrected chi connectivity index (χ2v) is 3.77. The zero-order valence-corrected chi connectivity index (χ0v) is 9.47. The molecule has 0 heterocycles. The van der Waals surface area contributed by atoms with E-state index in [2.05, 4.69) is 19.9 Å². The maximum atomic E-state index is 5.90. The second kappa shape index (κ2) is 4.65. The Morgan fingerprint density at radius 3 is 2.64 bits per heavy atom. The molecule has 0 aliphatic heterocycles. The molecule has 0 saturated carbocycles. The largest absolute Gasteiger partial charge is 0.399 e. The molecule has 14 heavy (non-hydrogen) atoms. The lowest BCUT2D eigenvalue weighted by molar-refractivity contribution is -0.00503. The first kappa shape index (κ1) is 11.3. The second-order valence-electron chi connectivity index (χ2n) is 3.77. The summed E-state index contributed by atoms with van der Waals surface area (Å²) in [7, 11) is 0. The zero-order valence-electron chi connectivity index (χ0n) is 9.47. The van der Waals surface area contributed by atoms with Gasteiger partial charge in [-0.2, -0.15) is 0 Å². The van der Waals surface area contributed by atoms with E-state index >= 15 is 0 Å². The number of ether oxygens (including phenoxy) is 1. The predicted molar refractivity (Wildman–Crippen MR) is 59.9 cm³/mol. The van der Waals surface area contributed by atoms with E-state index in [1.165, 1.54) is 5.57 Å². The van der Waals surface area contributed by atoms with Gasteiger partial charge < -0.3 is 10.5 Å². The van der Waals surface area contributed by atoms with E-state index in [0.29, 0.717) is 0 Å². The van der Waals surface area contributed by atoms with E-state index in [1.54, 1.807) is 0 Å². The summed E-state index contributed by atoms with van der Waals surface area (Å²) >= 11 is 0. The first-order valence-electron chi connectivity index (χ1n) is 5.48. The highest BCUT2D eigenvalue weighted by Gasteiger charge is 2.29. The summed E-state index contributed by atoms with van der Waals surface area (Å²) in [6.45, 7) is 7.11. The third kappa shape index (κ3) is 2.18. The van der Waals surface area contributed by atoms with Crippen molar-refractivity contribution in [1.82, 2.24) is 0 Å². The summed E-state index contributed by atoms with van der Waals surface area (Å²) in [6, 6.07) is 0. The molecule has 0 fully saturated rings. The molecule has 0 aromatic heterocycles. The molecule has 2 nitrogen and oxygen atoms in total. The minimum Gasteiger partial charge on any atom is -0.399 e. The van der Waals surface area contributed by atoms with Gasteiger partial charge in [-0.15, -0.1) is 0 Å². The van der Waals surface area contributed by atoms with Crippen LogP contribution in [0.15, 0.2) is 23.4 Å². The minimum atomic E-state index is -0.0943. The maximum absolute atomic E-state index is 5.90. The van der Waals surface area contributed by atoms with Crippen molar-refractivity contribution in [2.45, 2.75) is 45.6 Å². The number of allylic oxidation sites excluding steroid dienone is 1. The van der Waals surface area contributed by atoms with Crippen LogP contribution in [0.25, 0.3) is 0 Å². The summed E-state index contributed by atoms with van der Waals surface area (Å²) in [5, 5.41) is 0. The number of hydrogen-bond acceptors (Lipinski definition) is 2. The van der Waals surface area contributed by atoms with Crippen molar-refractivity contribution in [3.05, 3.63) is 23.4 Å². The third-order valence-corrected chi connectivity index (χ3v) is 2.94. The molecular weight excluding hydrogens is 174 g/mol. The Morgan fingerprint density at radius 2 is 2.14 bits per heavy atom. The molecule has 1 aliphatic rings. The van der Waals surface area contributed by atoms with Crippen LogP contribution < -0.4 is 5.73 Å². The molecule has 0 amide bonds. The summed E-state index contributed by atoms with van der Waals surface area (Å²) < 4.78 is 5.82. The molecular formula is C12H21NO. The van der Waals surface area contributed by atoms with Crippen LogP contribution in [-0.2, 0) is 4.74 Å². The molecule has 1 atom stereocenters. The van der Waals surface area contributed by atoms with Gasteiger partial charge in [-0.1, -0.05) is 19.9 Å². The number of nitrogens with two attached hydrogens (primary N) is 1. The average Bonchev–Trinajstić information content (AvgIpc) is 2.22. The van der Waals surface area contributed by atoms with Gasteiger partial charge in [0.1, 0.15) is 0 Å². The molecule has 0 saturated heterocycles. The fourth-order valence-electron chi connectivity index (χ4n) is 1.94. The monoisotopic (exact) mass is 195 g/mol. The van der Waals surface area contributed by atoms with Crippen molar-refractivity contribution >= 4 is 0 Å². The minimum absolute atomic E-state index is 0.0943. The fraction of sp³-hybridized carbons (Fsp3) is 0.667. The van der Waals surface area contributed by atoms with Gasteiger partial charge in [-0.05, 0) is 31.4 Å². The van der Waals surface area contributed by atoms with Gasteiger partial charge in [0.05, 0.1) is 5.60 Å². The lowest BCUT2D eigenvalue weighted by Crippen LogP contribution is -2.33. The Kier molecular flexibility index (Phi) is 3.76. The van der Waals surface area contributed by atoms with E-state index in [4.69, 9.17) is 10.5 Å². The molecule has 0 radical (unpaired) electrons. The third-order valence-electron chi connectivity index (χ3n) is 2.94. The zero-order chi connectivity index (χ0) is 10.6. The van der Waals surface area contributed by atoms with Crippen LogP contribution in [-0.4, -0.2) is 12.2 Å². The summed E-state index contributed by atoms with van der Waals surface area (Å²) in [5.74, 6) is 0. The Labute approximate surface area is 86.8 Å². The predicted octanol–water partition coefficient (Wildman–Crippen LogP) is 2.75. The van der Waals surface area contributed by atoms with Gasteiger partial charge in [-0.3, -0.25) is 0 Å². The van der Waals surface area contributed by atoms with Crippen LogP contribution in [0.4, 0.5) is 0 Å². The van der Waals surface area contributed by atoms with Gasteiger partial charge >= 0.3 is 0 Å². The van der Waals surface area contributed by atoms with Gasteiger partial charge in [0.15, 0.2) is 0 Å². The highest BCUT2D eigenvalue weighted by molar-refractivity contribution is 5.32. The van der Waals surface area contributed by atoms with Crippen molar-refractivity contribution in [1.29, 1.82) is 0 Å². The van der Waals surface area contributed by atoms with Crippen molar-refractivity contribution in [3.8, 4) is 0 Å². The quantitative estimate of drug-likeness (QED) is 0.748. The molecule has 0 spiro atoms. The molecule has 0 aromatic carbocycles. The maximum Gasteiger partial charge on any atom is 0.0901 e.